The Morgan fingerprint density at radius 1 is 1.16 bits per heavy atom. The Morgan fingerprint density at radius 2 is 1.91 bits per heavy atom. The molecule has 1 fully saturated rings. The van der Waals surface area contributed by atoms with Gasteiger partial charge in [0.15, 0.2) is 0 Å². The molecule has 0 unspecified atom stereocenters. The summed E-state index contributed by atoms with van der Waals surface area (Å²) >= 11 is 13.0. The Balaban J connectivity index is 1.55. The molecule has 2 aromatic carbocycles. The molecule has 1 aromatic heterocycles. The number of fused-ring (bicyclic) bond motifs is 1. The molecule has 1 saturated heterocycles. The van der Waals surface area contributed by atoms with Crippen molar-refractivity contribution in [1.82, 2.24) is 19.7 Å². The number of aromatic nitrogens is 3. The van der Waals surface area contributed by atoms with E-state index in [1.54, 1.807) is 12.1 Å². The fraction of sp³-hybridized carbons (Fsp3) is 0.391. The molecule has 0 bridgehead atoms. The van der Waals surface area contributed by atoms with Crippen molar-refractivity contribution >= 4 is 23.2 Å². The zero-order valence-electron chi connectivity index (χ0n) is 17.7. The molecule has 32 heavy (non-hydrogen) atoms. The van der Waals surface area contributed by atoms with E-state index in [2.05, 4.69) is 15.1 Å². The molecule has 3 aromatic rings. The van der Waals surface area contributed by atoms with Crippen LogP contribution in [0.5, 0.6) is 5.75 Å². The average Bonchev–Trinajstić information content (AvgIpc) is 3.42. The number of hydrogen-bond acceptors (Lipinski definition) is 5. The first-order valence-electron chi connectivity index (χ1n) is 10.6. The van der Waals surface area contributed by atoms with E-state index in [-0.39, 0.29) is 18.0 Å². The van der Waals surface area contributed by atoms with Crippen molar-refractivity contribution in [3.8, 4) is 11.4 Å². The van der Waals surface area contributed by atoms with Gasteiger partial charge >= 0.3 is 0 Å². The number of aryl methyl sites for hydroxylation is 2. The second kappa shape index (κ2) is 8.30. The van der Waals surface area contributed by atoms with Crippen LogP contribution in [-0.4, -0.2) is 50.0 Å². The molecule has 1 aliphatic heterocycles. The molecule has 9 heteroatoms. The van der Waals surface area contributed by atoms with E-state index < -0.39 is 6.10 Å². The Hall–Kier alpha value is -2.19. The third-order valence-electron chi connectivity index (χ3n) is 6.35. The Morgan fingerprint density at radius 3 is 2.59 bits per heavy atom. The molecular formula is C23H23Cl2FN4O2. The minimum Gasteiger partial charge on any atom is -0.482 e. The topological polar surface area (TPSA) is 63.4 Å². The van der Waals surface area contributed by atoms with Crippen LogP contribution in [-0.2, 0) is 6.42 Å². The molecule has 0 radical (unpaired) electrons. The van der Waals surface area contributed by atoms with Crippen LogP contribution in [0.15, 0.2) is 30.3 Å². The molecule has 0 spiro atoms. The molecular weight excluding hydrogens is 454 g/mol. The highest BCUT2D eigenvalue weighted by molar-refractivity contribution is 6.34. The van der Waals surface area contributed by atoms with Crippen molar-refractivity contribution in [2.75, 3.05) is 13.1 Å². The maximum absolute atomic E-state index is 14.8. The number of halogens is 3. The van der Waals surface area contributed by atoms with Gasteiger partial charge in [-0.1, -0.05) is 29.3 Å². The summed E-state index contributed by atoms with van der Waals surface area (Å²) in [5.41, 5.74) is 2.04. The summed E-state index contributed by atoms with van der Waals surface area (Å²) in [6, 6.07) is 8.51. The maximum Gasteiger partial charge on any atom is 0.141 e. The molecule has 168 valence electrons. The minimum atomic E-state index is -0.473. The van der Waals surface area contributed by atoms with E-state index in [0.29, 0.717) is 58.1 Å². The lowest BCUT2D eigenvalue weighted by Gasteiger charge is -2.30. The quantitative estimate of drug-likeness (QED) is 0.602. The standard InChI is InChI=1S/C23H23Cl2FN4O2/c1-12-27-28-13(2)30(12)19-4-3-5-21(22(19)25)32-23-17-8-14(24)9-18(26)16(17)10-20(23)29-7-6-15(31)11-29/h3-5,8-9,15,20,23,31H,6-7,10-11H2,1-2H3/t15-,20+,23+/m1/s1. The molecule has 0 amide bonds. The number of ether oxygens (including phenoxy) is 1. The summed E-state index contributed by atoms with van der Waals surface area (Å²) in [4.78, 5) is 2.16. The number of benzene rings is 2. The van der Waals surface area contributed by atoms with E-state index >= 15 is 0 Å². The van der Waals surface area contributed by atoms with Crippen molar-refractivity contribution in [3.05, 3.63) is 69.0 Å². The van der Waals surface area contributed by atoms with Gasteiger partial charge in [0.05, 0.1) is 17.8 Å². The van der Waals surface area contributed by atoms with Gasteiger partial charge in [-0.25, -0.2) is 4.39 Å². The monoisotopic (exact) mass is 476 g/mol. The third-order valence-corrected chi connectivity index (χ3v) is 6.95. The predicted octanol–water partition coefficient (Wildman–Crippen LogP) is 4.44. The molecule has 2 heterocycles. The first-order chi connectivity index (χ1) is 15.3. The number of hydrogen-bond donors (Lipinski definition) is 1. The Kier molecular flexibility index (Phi) is 5.61. The molecule has 2 aliphatic rings. The fourth-order valence-corrected chi connectivity index (χ4v) is 5.33. The third kappa shape index (κ3) is 3.67. The molecule has 1 aliphatic carbocycles. The first kappa shape index (κ1) is 21.6. The summed E-state index contributed by atoms with van der Waals surface area (Å²) in [6.07, 6.45) is 0.306. The van der Waals surface area contributed by atoms with Crippen LogP contribution in [0, 0.1) is 19.7 Å². The lowest BCUT2D eigenvalue weighted by Crippen LogP contribution is -2.39. The van der Waals surface area contributed by atoms with E-state index in [1.165, 1.54) is 6.07 Å². The summed E-state index contributed by atoms with van der Waals surface area (Å²) < 4.78 is 23.1. The second-order valence-corrected chi connectivity index (χ2v) is 9.24. The normalized spacial score (nSPS) is 23.0. The van der Waals surface area contributed by atoms with E-state index in [4.69, 9.17) is 27.9 Å². The van der Waals surface area contributed by atoms with Gasteiger partial charge in [-0.2, -0.15) is 0 Å². The molecule has 3 atom stereocenters. The molecule has 6 nitrogen and oxygen atoms in total. The number of aliphatic hydroxyl groups excluding tert-OH is 1. The van der Waals surface area contributed by atoms with Crippen LogP contribution in [0.4, 0.5) is 4.39 Å². The minimum absolute atomic E-state index is 0.131. The zero-order chi connectivity index (χ0) is 22.6. The van der Waals surface area contributed by atoms with Gasteiger partial charge in [-0.05, 0) is 56.5 Å². The average molecular weight is 477 g/mol. The maximum atomic E-state index is 14.8. The molecule has 1 N–H and O–H groups in total. The van der Waals surface area contributed by atoms with Crippen molar-refractivity contribution in [3.63, 3.8) is 0 Å². The van der Waals surface area contributed by atoms with Crippen molar-refractivity contribution in [2.45, 2.75) is 44.9 Å². The lowest BCUT2D eigenvalue weighted by molar-refractivity contribution is 0.0818. The second-order valence-electron chi connectivity index (χ2n) is 8.42. The van der Waals surface area contributed by atoms with E-state index in [0.717, 1.165) is 12.1 Å². The highest BCUT2D eigenvalue weighted by atomic mass is 35.5. The van der Waals surface area contributed by atoms with Gasteiger partial charge in [0, 0.05) is 23.7 Å². The fourth-order valence-electron chi connectivity index (χ4n) is 4.86. The molecule has 5 rings (SSSR count). The van der Waals surface area contributed by atoms with Crippen LogP contribution in [0.1, 0.15) is 35.3 Å². The van der Waals surface area contributed by atoms with Crippen LogP contribution < -0.4 is 4.74 Å². The van der Waals surface area contributed by atoms with E-state index in [9.17, 15) is 9.50 Å². The van der Waals surface area contributed by atoms with Crippen LogP contribution >= 0.6 is 23.2 Å². The SMILES string of the molecule is Cc1nnc(C)n1-c1cccc(O[C@H]2c3cc(Cl)cc(F)c3C[C@@H]2N2CC[C@@H](O)C2)c1Cl. The summed E-state index contributed by atoms with van der Waals surface area (Å²) in [5, 5.41) is 19.1. The predicted molar refractivity (Wildman–Crippen MR) is 120 cm³/mol. The van der Waals surface area contributed by atoms with E-state index in [1.807, 2.05) is 30.5 Å². The van der Waals surface area contributed by atoms with Gasteiger partial charge < -0.3 is 9.84 Å². The number of rotatable bonds is 4. The number of β-amino-alcohol motifs (C(OH)–C–C–N with tert-alkyl or cyclic N) is 1. The molecule has 0 saturated carbocycles. The largest absolute Gasteiger partial charge is 0.482 e. The Bertz CT molecular complexity index is 1170. The van der Waals surface area contributed by atoms with Crippen LogP contribution in [0.3, 0.4) is 0 Å². The first-order valence-corrected chi connectivity index (χ1v) is 11.3. The zero-order valence-corrected chi connectivity index (χ0v) is 19.2. The highest BCUT2D eigenvalue weighted by Crippen LogP contribution is 2.43. The van der Waals surface area contributed by atoms with Gasteiger partial charge in [-0.15, -0.1) is 10.2 Å². The van der Waals surface area contributed by atoms with Gasteiger partial charge in [-0.3, -0.25) is 9.47 Å². The van der Waals surface area contributed by atoms with Crippen molar-refractivity contribution in [1.29, 1.82) is 0 Å². The smallest absolute Gasteiger partial charge is 0.141 e. The van der Waals surface area contributed by atoms with Gasteiger partial charge in [0.2, 0.25) is 0 Å². The van der Waals surface area contributed by atoms with Gasteiger partial charge in [0.1, 0.15) is 34.3 Å². The van der Waals surface area contributed by atoms with Crippen molar-refractivity contribution in [2.24, 2.45) is 0 Å². The highest BCUT2D eigenvalue weighted by Gasteiger charge is 2.42. The van der Waals surface area contributed by atoms with Crippen LogP contribution in [0.25, 0.3) is 5.69 Å². The lowest BCUT2D eigenvalue weighted by atomic mass is 10.1. The Labute approximate surface area is 195 Å². The summed E-state index contributed by atoms with van der Waals surface area (Å²) in [5.74, 6) is 1.58. The van der Waals surface area contributed by atoms with Crippen molar-refractivity contribution < 1.29 is 14.2 Å². The summed E-state index contributed by atoms with van der Waals surface area (Å²) in [7, 11) is 0. The number of nitrogens with zero attached hydrogens (tertiary/aromatic N) is 4. The summed E-state index contributed by atoms with van der Waals surface area (Å²) in [6.45, 7) is 4.97. The number of likely N-dealkylation sites (tertiary alicyclic amines) is 1. The van der Waals surface area contributed by atoms with Gasteiger partial charge in [0.25, 0.3) is 0 Å². The number of aliphatic hydroxyl groups is 1. The van der Waals surface area contributed by atoms with Crippen LogP contribution in [0.2, 0.25) is 10.0 Å².